The van der Waals surface area contributed by atoms with Crippen LogP contribution in [0.2, 0.25) is 0 Å². The number of benzene rings is 1. The van der Waals surface area contributed by atoms with E-state index in [2.05, 4.69) is 21.2 Å². The molecule has 0 aromatic heterocycles. The van der Waals surface area contributed by atoms with Gasteiger partial charge in [-0.05, 0) is 53.5 Å². The predicted octanol–water partition coefficient (Wildman–Crippen LogP) is 3.57. The topological polar surface area (TPSA) is 32.3 Å². The molecule has 1 atom stereocenters. The number of carbonyl (C=O) groups is 1. The van der Waals surface area contributed by atoms with Crippen molar-refractivity contribution in [2.75, 3.05) is 18.0 Å². The number of hydrogen-bond donors (Lipinski definition) is 1. The summed E-state index contributed by atoms with van der Waals surface area (Å²) in [5, 5.41) is 3.12. The van der Waals surface area contributed by atoms with Gasteiger partial charge in [-0.3, -0.25) is 4.79 Å². The van der Waals surface area contributed by atoms with Crippen LogP contribution in [0.3, 0.4) is 0 Å². The van der Waals surface area contributed by atoms with E-state index in [-0.39, 0.29) is 17.6 Å². The first kappa shape index (κ1) is 16.3. The average Bonchev–Trinajstić information content (AvgIpc) is 2.77. The van der Waals surface area contributed by atoms with Gasteiger partial charge < -0.3 is 10.2 Å². The van der Waals surface area contributed by atoms with Gasteiger partial charge in [0.25, 0.3) is 0 Å². The van der Waals surface area contributed by atoms with Crippen molar-refractivity contribution in [2.24, 2.45) is 0 Å². The fourth-order valence-electron chi connectivity index (χ4n) is 2.32. The molecule has 1 saturated heterocycles. The van der Waals surface area contributed by atoms with Crippen LogP contribution >= 0.6 is 15.9 Å². The summed E-state index contributed by atoms with van der Waals surface area (Å²) in [7, 11) is 0. The molecule has 0 radical (unpaired) electrons. The minimum Gasteiger partial charge on any atom is -0.310 e. The third kappa shape index (κ3) is 3.58. The highest BCUT2D eigenvalue weighted by atomic mass is 79.9. The number of carbonyl (C=O) groups excluding carboxylic acids is 1. The van der Waals surface area contributed by atoms with Gasteiger partial charge in [0.05, 0.1) is 17.3 Å². The van der Waals surface area contributed by atoms with Crippen molar-refractivity contribution in [3.05, 3.63) is 28.2 Å². The second kappa shape index (κ2) is 6.36. The summed E-state index contributed by atoms with van der Waals surface area (Å²) in [5.41, 5.74) is -0.478. The second-order valence-corrected chi connectivity index (χ2v) is 5.80. The molecule has 1 fully saturated rings. The summed E-state index contributed by atoms with van der Waals surface area (Å²) in [6, 6.07) is 3.04. The number of nitrogens with zero attached hydrogens (tertiary/aromatic N) is 1. The van der Waals surface area contributed by atoms with Gasteiger partial charge in [0.1, 0.15) is 0 Å². The Labute approximate surface area is 129 Å². The average molecular weight is 365 g/mol. The maximum atomic E-state index is 12.8. The molecule has 1 aromatic carbocycles. The van der Waals surface area contributed by atoms with Gasteiger partial charge in [-0.25, -0.2) is 0 Å². The van der Waals surface area contributed by atoms with E-state index in [1.54, 1.807) is 0 Å². The van der Waals surface area contributed by atoms with E-state index in [9.17, 15) is 18.0 Å². The van der Waals surface area contributed by atoms with E-state index in [0.717, 1.165) is 18.6 Å². The molecule has 1 aromatic rings. The third-order valence-electron chi connectivity index (χ3n) is 3.41. The Morgan fingerprint density at radius 1 is 1.43 bits per heavy atom. The predicted molar refractivity (Wildman–Crippen MR) is 78.2 cm³/mol. The molecular weight excluding hydrogens is 349 g/mol. The fourth-order valence-corrected chi connectivity index (χ4v) is 2.78. The molecule has 2 rings (SSSR count). The number of halogens is 4. The quantitative estimate of drug-likeness (QED) is 0.885. The lowest BCUT2D eigenvalue weighted by Crippen LogP contribution is -2.38. The number of anilines is 1. The van der Waals surface area contributed by atoms with Crippen LogP contribution in [-0.2, 0) is 11.0 Å². The van der Waals surface area contributed by atoms with E-state index < -0.39 is 11.7 Å². The first-order valence-electron chi connectivity index (χ1n) is 6.76. The van der Waals surface area contributed by atoms with Crippen LogP contribution in [0.15, 0.2) is 22.7 Å². The van der Waals surface area contributed by atoms with Crippen molar-refractivity contribution in [1.29, 1.82) is 0 Å². The van der Waals surface area contributed by atoms with Gasteiger partial charge in [-0.15, -0.1) is 0 Å². The largest absolute Gasteiger partial charge is 0.416 e. The Morgan fingerprint density at radius 3 is 2.76 bits per heavy atom. The molecule has 0 saturated carbocycles. The van der Waals surface area contributed by atoms with Crippen molar-refractivity contribution in [1.82, 2.24) is 5.32 Å². The Morgan fingerprint density at radius 2 is 2.14 bits per heavy atom. The molecule has 0 bridgehead atoms. The Bertz CT molecular complexity index is 533. The molecule has 1 N–H and O–H groups in total. The summed E-state index contributed by atoms with van der Waals surface area (Å²) in [4.78, 5) is 13.7. The third-order valence-corrected chi connectivity index (χ3v) is 4.08. The standard InChI is InChI=1S/C14H16BrF3N2O/c1-2-6-19-11-5-7-20(13(11)21)12-8-9(14(16,17)18)3-4-10(12)15/h3-4,8,11,19H,2,5-7H2,1H3. The molecular formula is C14H16BrF3N2O. The van der Waals surface area contributed by atoms with Crippen molar-refractivity contribution in [3.8, 4) is 0 Å². The summed E-state index contributed by atoms with van der Waals surface area (Å²) in [5.74, 6) is -0.177. The summed E-state index contributed by atoms with van der Waals surface area (Å²) < 4.78 is 38.9. The lowest BCUT2D eigenvalue weighted by atomic mass is 10.2. The number of alkyl halides is 3. The van der Waals surface area contributed by atoms with Crippen LogP contribution in [0.4, 0.5) is 18.9 Å². The highest BCUT2D eigenvalue weighted by Gasteiger charge is 2.35. The second-order valence-electron chi connectivity index (χ2n) is 4.95. The van der Waals surface area contributed by atoms with Crippen molar-refractivity contribution in [2.45, 2.75) is 32.0 Å². The van der Waals surface area contributed by atoms with E-state index in [0.29, 0.717) is 24.0 Å². The van der Waals surface area contributed by atoms with Crippen molar-refractivity contribution < 1.29 is 18.0 Å². The van der Waals surface area contributed by atoms with Gasteiger partial charge in [0, 0.05) is 11.0 Å². The minimum atomic E-state index is -4.42. The van der Waals surface area contributed by atoms with E-state index in [1.807, 2.05) is 6.92 Å². The molecule has 1 aliphatic heterocycles. The molecule has 1 amide bonds. The van der Waals surface area contributed by atoms with Crippen molar-refractivity contribution in [3.63, 3.8) is 0 Å². The fraction of sp³-hybridized carbons (Fsp3) is 0.500. The van der Waals surface area contributed by atoms with Crippen LogP contribution in [0.1, 0.15) is 25.3 Å². The summed E-state index contributed by atoms with van der Waals surface area (Å²) in [6.07, 6.45) is -2.92. The summed E-state index contributed by atoms with van der Waals surface area (Å²) >= 11 is 3.23. The van der Waals surface area contributed by atoms with Crippen LogP contribution in [0.25, 0.3) is 0 Å². The highest BCUT2D eigenvalue weighted by molar-refractivity contribution is 9.10. The zero-order chi connectivity index (χ0) is 15.6. The molecule has 116 valence electrons. The maximum Gasteiger partial charge on any atom is 0.416 e. The molecule has 0 spiro atoms. The van der Waals surface area contributed by atoms with E-state index in [1.165, 1.54) is 11.0 Å². The Kier molecular flexibility index (Phi) is 4.93. The highest BCUT2D eigenvalue weighted by Crippen LogP contribution is 2.36. The maximum absolute atomic E-state index is 12.8. The first-order chi connectivity index (χ1) is 9.84. The van der Waals surface area contributed by atoms with Crippen LogP contribution in [-0.4, -0.2) is 25.0 Å². The number of nitrogens with one attached hydrogen (secondary N) is 1. The SMILES string of the molecule is CCCNC1CCN(c2cc(C(F)(F)F)ccc2Br)C1=O. The zero-order valence-electron chi connectivity index (χ0n) is 11.5. The molecule has 3 nitrogen and oxygen atoms in total. The van der Waals surface area contributed by atoms with Crippen LogP contribution < -0.4 is 10.2 Å². The van der Waals surface area contributed by atoms with E-state index >= 15 is 0 Å². The van der Waals surface area contributed by atoms with Gasteiger partial charge in [-0.2, -0.15) is 13.2 Å². The lowest BCUT2D eigenvalue weighted by molar-refractivity contribution is -0.137. The molecule has 21 heavy (non-hydrogen) atoms. The lowest BCUT2D eigenvalue weighted by Gasteiger charge is -2.20. The van der Waals surface area contributed by atoms with Crippen LogP contribution in [0, 0.1) is 0 Å². The normalized spacial score (nSPS) is 19.4. The number of rotatable bonds is 4. The smallest absolute Gasteiger partial charge is 0.310 e. The first-order valence-corrected chi connectivity index (χ1v) is 7.55. The molecule has 1 heterocycles. The summed E-state index contributed by atoms with van der Waals surface area (Å²) in [6.45, 7) is 3.13. The van der Waals surface area contributed by atoms with Crippen LogP contribution in [0.5, 0.6) is 0 Å². The minimum absolute atomic E-state index is 0.177. The van der Waals surface area contributed by atoms with Gasteiger partial charge in [-0.1, -0.05) is 6.92 Å². The van der Waals surface area contributed by atoms with Gasteiger partial charge in [0.15, 0.2) is 0 Å². The molecule has 0 aliphatic carbocycles. The Hall–Kier alpha value is -1.08. The zero-order valence-corrected chi connectivity index (χ0v) is 13.1. The van der Waals surface area contributed by atoms with E-state index in [4.69, 9.17) is 0 Å². The number of amides is 1. The monoisotopic (exact) mass is 364 g/mol. The molecule has 7 heteroatoms. The van der Waals surface area contributed by atoms with Gasteiger partial charge >= 0.3 is 6.18 Å². The Balaban J connectivity index is 2.24. The number of hydrogen-bond acceptors (Lipinski definition) is 2. The molecule has 1 aliphatic rings. The van der Waals surface area contributed by atoms with Gasteiger partial charge in [0.2, 0.25) is 5.91 Å². The molecule has 1 unspecified atom stereocenters. The van der Waals surface area contributed by atoms with Crippen molar-refractivity contribution >= 4 is 27.5 Å².